The molecule has 1 atom stereocenters. The van der Waals surface area contributed by atoms with E-state index in [1.54, 1.807) is 0 Å². The SMILES string of the molecule is CCC1NCCn2c(CCc3ccc(C)cc3)nnc21. The lowest BCUT2D eigenvalue weighted by atomic mass is 10.1. The van der Waals surface area contributed by atoms with Crippen molar-refractivity contribution in [1.29, 1.82) is 0 Å². The fourth-order valence-electron chi connectivity index (χ4n) is 2.82. The molecule has 1 aliphatic heterocycles. The summed E-state index contributed by atoms with van der Waals surface area (Å²) in [6, 6.07) is 9.12. The van der Waals surface area contributed by atoms with Crippen LogP contribution in [0, 0.1) is 6.92 Å². The molecule has 0 fully saturated rings. The Morgan fingerprint density at radius 1 is 1.20 bits per heavy atom. The van der Waals surface area contributed by atoms with Gasteiger partial charge < -0.3 is 9.88 Å². The van der Waals surface area contributed by atoms with Gasteiger partial charge in [-0.15, -0.1) is 10.2 Å². The Balaban J connectivity index is 1.72. The molecule has 0 radical (unpaired) electrons. The fourth-order valence-corrected chi connectivity index (χ4v) is 2.82. The number of nitrogens with one attached hydrogen (secondary N) is 1. The van der Waals surface area contributed by atoms with Gasteiger partial charge in [0, 0.05) is 19.5 Å². The lowest BCUT2D eigenvalue weighted by Gasteiger charge is -2.24. The molecule has 0 amide bonds. The molecule has 20 heavy (non-hydrogen) atoms. The number of hydrogen-bond donors (Lipinski definition) is 1. The summed E-state index contributed by atoms with van der Waals surface area (Å²) in [5, 5.41) is 12.3. The molecule has 0 bridgehead atoms. The normalized spacial score (nSPS) is 18.0. The number of benzene rings is 1. The van der Waals surface area contributed by atoms with E-state index < -0.39 is 0 Å². The number of hydrogen-bond acceptors (Lipinski definition) is 3. The van der Waals surface area contributed by atoms with Crippen LogP contribution < -0.4 is 5.32 Å². The number of rotatable bonds is 4. The van der Waals surface area contributed by atoms with Gasteiger partial charge in [0.2, 0.25) is 0 Å². The molecule has 1 aliphatic rings. The quantitative estimate of drug-likeness (QED) is 0.928. The van der Waals surface area contributed by atoms with Gasteiger partial charge in [-0.05, 0) is 25.3 Å². The van der Waals surface area contributed by atoms with Crippen LogP contribution in [-0.2, 0) is 19.4 Å². The number of aryl methyl sites for hydroxylation is 3. The van der Waals surface area contributed by atoms with Crippen molar-refractivity contribution in [2.24, 2.45) is 0 Å². The van der Waals surface area contributed by atoms with Gasteiger partial charge >= 0.3 is 0 Å². The third kappa shape index (κ3) is 2.61. The molecular formula is C16H22N4. The molecule has 4 heteroatoms. The zero-order chi connectivity index (χ0) is 13.9. The predicted molar refractivity (Wildman–Crippen MR) is 79.6 cm³/mol. The van der Waals surface area contributed by atoms with Crippen molar-refractivity contribution in [3.8, 4) is 0 Å². The first kappa shape index (κ1) is 13.3. The van der Waals surface area contributed by atoms with Crippen LogP contribution in [0.4, 0.5) is 0 Å². The van der Waals surface area contributed by atoms with Crippen molar-refractivity contribution < 1.29 is 0 Å². The summed E-state index contributed by atoms with van der Waals surface area (Å²) in [6.07, 6.45) is 3.06. The van der Waals surface area contributed by atoms with E-state index in [0.29, 0.717) is 6.04 Å². The Labute approximate surface area is 120 Å². The van der Waals surface area contributed by atoms with Gasteiger partial charge in [0.1, 0.15) is 11.6 Å². The average molecular weight is 270 g/mol. The summed E-state index contributed by atoms with van der Waals surface area (Å²) in [6.45, 7) is 6.31. The largest absolute Gasteiger partial charge is 0.312 e. The summed E-state index contributed by atoms with van der Waals surface area (Å²) in [5.41, 5.74) is 2.68. The Kier molecular flexibility index (Phi) is 3.83. The zero-order valence-electron chi connectivity index (χ0n) is 12.3. The van der Waals surface area contributed by atoms with Crippen LogP contribution in [0.1, 0.15) is 42.2 Å². The van der Waals surface area contributed by atoms with E-state index in [9.17, 15) is 0 Å². The van der Waals surface area contributed by atoms with E-state index >= 15 is 0 Å². The monoisotopic (exact) mass is 270 g/mol. The highest BCUT2D eigenvalue weighted by Crippen LogP contribution is 2.20. The topological polar surface area (TPSA) is 42.7 Å². The minimum absolute atomic E-state index is 0.365. The molecule has 1 aromatic heterocycles. The molecule has 106 valence electrons. The Bertz CT molecular complexity index is 571. The van der Waals surface area contributed by atoms with Crippen LogP contribution in [0.3, 0.4) is 0 Å². The summed E-state index contributed by atoms with van der Waals surface area (Å²) < 4.78 is 2.30. The molecule has 0 saturated heterocycles. The van der Waals surface area contributed by atoms with E-state index in [2.05, 4.69) is 58.2 Å². The lowest BCUT2D eigenvalue weighted by Crippen LogP contribution is -2.34. The molecule has 1 unspecified atom stereocenters. The first-order valence-electron chi connectivity index (χ1n) is 7.49. The van der Waals surface area contributed by atoms with Crippen LogP contribution in [0.5, 0.6) is 0 Å². The molecule has 2 heterocycles. The van der Waals surface area contributed by atoms with E-state index in [-0.39, 0.29) is 0 Å². The van der Waals surface area contributed by atoms with Gasteiger partial charge in [0.25, 0.3) is 0 Å². The second kappa shape index (κ2) is 5.75. The highest BCUT2D eigenvalue weighted by Gasteiger charge is 2.22. The minimum atomic E-state index is 0.365. The van der Waals surface area contributed by atoms with Crippen molar-refractivity contribution in [2.45, 2.75) is 45.7 Å². The standard InChI is InChI=1S/C16H22N4/c1-3-14-16-19-18-15(20(16)11-10-17-14)9-8-13-6-4-12(2)5-7-13/h4-7,14,17H,3,8-11H2,1-2H3. The van der Waals surface area contributed by atoms with Crippen LogP contribution in [0.2, 0.25) is 0 Å². The van der Waals surface area contributed by atoms with Gasteiger partial charge in [-0.1, -0.05) is 36.8 Å². The van der Waals surface area contributed by atoms with Gasteiger partial charge in [-0.25, -0.2) is 0 Å². The molecular weight excluding hydrogens is 248 g/mol. The van der Waals surface area contributed by atoms with Crippen LogP contribution >= 0.6 is 0 Å². The third-order valence-electron chi connectivity index (χ3n) is 4.06. The molecule has 2 aromatic rings. The van der Waals surface area contributed by atoms with Crippen LogP contribution in [0.15, 0.2) is 24.3 Å². The molecule has 3 rings (SSSR count). The van der Waals surface area contributed by atoms with Crippen molar-refractivity contribution in [1.82, 2.24) is 20.1 Å². The van der Waals surface area contributed by atoms with Crippen molar-refractivity contribution in [3.05, 3.63) is 47.0 Å². The summed E-state index contributed by atoms with van der Waals surface area (Å²) >= 11 is 0. The van der Waals surface area contributed by atoms with Crippen LogP contribution in [-0.4, -0.2) is 21.3 Å². The van der Waals surface area contributed by atoms with Gasteiger partial charge in [0.05, 0.1) is 6.04 Å². The molecule has 1 aromatic carbocycles. The van der Waals surface area contributed by atoms with E-state index in [4.69, 9.17) is 0 Å². The van der Waals surface area contributed by atoms with Crippen molar-refractivity contribution >= 4 is 0 Å². The molecule has 4 nitrogen and oxygen atoms in total. The molecule has 0 aliphatic carbocycles. The number of fused-ring (bicyclic) bond motifs is 1. The number of nitrogens with zero attached hydrogens (tertiary/aromatic N) is 3. The zero-order valence-corrected chi connectivity index (χ0v) is 12.3. The maximum absolute atomic E-state index is 4.40. The highest BCUT2D eigenvalue weighted by atomic mass is 15.3. The Morgan fingerprint density at radius 3 is 2.75 bits per heavy atom. The molecule has 1 N–H and O–H groups in total. The lowest BCUT2D eigenvalue weighted by molar-refractivity contribution is 0.400. The summed E-state index contributed by atoms with van der Waals surface area (Å²) in [7, 11) is 0. The van der Waals surface area contributed by atoms with Gasteiger partial charge in [-0.2, -0.15) is 0 Å². The van der Waals surface area contributed by atoms with E-state index in [1.807, 2.05) is 0 Å². The third-order valence-corrected chi connectivity index (χ3v) is 4.06. The highest BCUT2D eigenvalue weighted by molar-refractivity contribution is 5.22. The molecule has 0 spiro atoms. The number of aromatic nitrogens is 3. The summed E-state index contributed by atoms with van der Waals surface area (Å²) in [4.78, 5) is 0. The predicted octanol–water partition coefficient (Wildman–Crippen LogP) is 2.43. The second-order valence-electron chi connectivity index (χ2n) is 5.53. The maximum Gasteiger partial charge on any atom is 0.150 e. The maximum atomic E-state index is 4.40. The van der Waals surface area contributed by atoms with E-state index in [0.717, 1.165) is 44.0 Å². The van der Waals surface area contributed by atoms with E-state index in [1.165, 1.54) is 11.1 Å². The summed E-state index contributed by atoms with van der Waals surface area (Å²) in [5.74, 6) is 2.23. The smallest absolute Gasteiger partial charge is 0.150 e. The van der Waals surface area contributed by atoms with Gasteiger partial charge in [-0.3, -0.25) is 0 Å². The Hall–Kier alpha value is -1.68. The second-order valence-corrected chi connectivity index (χ2v) is 5.53. The minimum Gasteiger partial charge on any atom is -0.312 e. The Morgan fingerprint density at radius 2 is 2.00 bits per heavy atom. The average Bonchev–Trinajstić information content (AvgIpc) is 2.90. The molecule has 0 saturated carbocycles. The van der Waals surface area contributed by atoms with Crippen molar-refractivity contribution in [2.75, 3.05) is 6.54 Å². The first-order valence-corrected chi connectivity index (χ1v) is 7.49. The fraction of sp³-hybridized carbons (Fsp3) is 0.500. The van der Waals surface area contributed by atoms with Crippen molar-refractivity contribution in [3.63, 3.8) is 0 Å². The van der Waals surface area contributed by atoms with Gasteiger partial charge in [0.15, 0.2) is 0 Å². The first-order chi connectivity index (χ1) is 9.78. The van der Waals surface area contributed by atoms with Crippen LogP contribution in [0.25, 0.3) is 0 Å².